The molecule has 3 nitrogen and oxygen atoms in total. The molecule has 1 saturated heterocycles. The second-order valence-electron chi connectivity index (χ2n) is 4.80. The van der Waals surface area contributed by atoms with Crippen LogP contribution in [0.5, 0.6) is 0 Å². The van der Waals surface area contributed by atoms with E-state index in [2.05, 4.69) is 4.90 Å². The summed E-state index contributed by atoms with van der Waals surface area (Å²) in [4.78, 5) is 13.6. The molecule has 1 fully saturated rings. The van der Waals surface area contributed by atoms with Crippen molar-refractivity contribution in [3.8, 4) is 0 Å². The predicted octanol–water partition coefficient (Wildman–Crippen LogP) is 2.99. The number of carboxylic acid groups (broad SMARTS) is 1. The lowest BCUT2D eigenvalue weighted by Crippen LogP contribution is -2.35. The van der Waals surface area contributed by atoms with Gasteiger partial charge in [-0.1, -0.05) is 30.2 Å². The Morgan fingerprint density at radius 2 is 1.83 bits per heavy atom. The Balaban J connectivity index is 2.07. The molecule has 18 heavy (non-hydrogen) atoms. The van der Waals surface area contributed by atoms with Crippen molar-refractivity contribution in [1.29, 1.82) is 0 Å². The predicted molar refractivity (Wildman–Crippen MR) is 72.1 cm³/mol. The number of carbonyl (C=O) groups is 1. The molecule has 1 aliphatic rings. The van der Waals surface area contributed by atoms with E-state index in [-0.39, 0.29) is 0 Å². The third kappa shape index (κ3) is 3.47. The fourth-order valence-electron chi connectivity index (χ4n) is 2.42. The molecule has 0 spiro atoms. The van der Waals surface area contributed by atoms with Crippen molar-refractivity contribution >= 4 is 17.6 Å². The van der Waals surface area contributed by atoms with E-state index in [9.17, 15) is 9.90 Å². The van der Waals surface area contributed by atoms with Gasteiger partial charge < -0.3 is 10.0 Å². The highest BCUT2D eigenvalue weighted by atomic mass is 35.5. The molecule has 0 bridgehead atoms. The first kappa shape index (κ1) is 13.4. The van der Waals surface area contributed by atoms with E-state index in [0.717, 1.165) is 18.7 Å². The van der Waals surface area contributed by atoms with Crippen LogP contribution in [0.2, 0.25) is 5.02 Å². The summed E-state index contributed by atoms with van der Waals surface area (Å²) in [7, 11) is 0. The third-order valence-corrected chi connectivity index (χ3v) is 3.71. The molecule has 0 amide bonds. The summed E-state index contributed by atoms with van der Waals surface area (Å²) in [6.07, 6.45) is 3.61. The molecular formula is C14H18ClNO2. The van der Waals surface area contributed by atoms with Crippen LogP contribution in [-0.2, 0) is 4.79 Å². The summed E-state index contributed by atoms with van der Waals surface area (Å²) >= 11 is 5.83. The number of hydrogen-bond donors (Lipinski definition) is 1. The number of nitrogens with zero attached hydrogens (tertiary/aromatic N) is 1. The van der Waals surface area contributed by atoms with E-state index >= 15 is 0 Å². The van der Waals surface area contributed by atoms with Gasteiger partial charge in [0, 0.05) is 11.6 Å². The van der Waals surface area contributed by atoms with Gasteiger partial charge in [0.05, 0.1) is 5.92 Å². The van der Waals surface area contributed by atoms with Gasteiger partial charge in [-0.25, -0.2) is 0 Å². The largest absolute Gasteiger partial charge is 0.481 e. The van der Waals surface area contributed by atoms with Crippen molar-refractivity contribution in [3.63, 3.8) is 0 Å². The lowest BCUT2D eigenvalue weighted by Gasteiger charge is -2.29. The highest BCUT2D eigenvalue weighted by molar-refractivity contribution is 6.30. The Bertz CT molecular complexity index is 399. The molecule has 2 rings (SSSR count). The van der Waals surface area contributed by atoms with Crippen molar-refractivity contribution in [2.24, 2.45) is 0 Å². The Kier molecular flexibility index (Phi) is 4.61. The highest BCUT2D eigenvalue weighted by Crippen LogP contribution is 2.21. The Morgan fingerprint density at radius 3 is 2.39 bits per heavy atom. The smallest absolute Gasteiger partial charge is 0.312 e. The Hall–Kier alpha value is -1.06. The maximum atomic E-state index is 11.4. The lowest BCUT2D eigenvalue weighted by molar-refractivity contribution is -0.139. The second-order valence-corrected chi connectivity index (χ2v) is 5.24. The van der Waals surface area contributed by atoms with Crippen molar-refractivity contribution < 1.29 is 9.90 Å². The summed E-state index contributed by atoms with van der Waals surface area (Å²) in [6, 6.07) is 7.13. The maximum absolute atomic E-state index is 11.4. The van der Waals surface area contributed by atoms with Crippen LogP contribution in [0.4, 0.5) is 0 Å². The van der Waals surface area contributed by atoms with Gasteiger partial charge in [-0.15, -0.1) is 0 Å². The maximum Gasteiger partial charge on any atom is 0.312 e. The molecule has 0 saturated carbocycles. The number of halogens is 1. The zero-order chi connectivity index (χ0) is 13.0. The average Bonchev–Trinajstić information content (AvgIpc) is 2.38. The van der Waals surface area contributed by atoms with Gasteiger partial charge in [0.2, 0.25) is 0 Å². The zero-order valence-electron chi connectivity index (χ0n) is 10.3. The number of benzene rings is 1. The van der Waals surface area contributed by atoms with Crippen LogP contribution in [0, 0.1) is 0 Å². The van der Waals surface area contributed by atoms with E-state index in [4.69, 9.17) is 11.6 Å². The minimum atomic E-state index is -0.761. The van der Waals surface area contributed by atoms with E-state index in [1.807, 2.05) is 12.1 Å². The van der Waals surface area contributed by atoms with Gasteiger partial charge in [-0.3, -0.25) is 4.79 Å². The van der Waals surface area contributed by atoms with E-state index < -0.39 is 11.9 Å². The van der Waals surface area contributed by atoms with Gasteiger partial charge in [-0.05, 0) is 43.6 Å². The van der Waals surface area contributed by atoms with E-state index in [0.29, 0.717) is 11.6 Å². The molecule has 1 aromatic rings. The lowest BCUT2D eigenvalue weighted by atomic mass is 9.97. The first-order valence-corrected chi connectivity index (χ1v) is 6.75. The van der Waals surface area contributed by atoms with Crippen LogP contribution in [-0.4, -0.2) is 35.6 Å². The van der Waals surface area contributed by atoms with E-state index in [1.165, 1.54) is 19.3 Å². The van der Waals surface area contributed by atoms with Crippen LogP contribution in [0.15, 0.2) is 24.3 Å². The molecule has 98 valence electrons. The van der Waals surface area contributed by atoms with Gasteiger partial charge in [0.15, 0.2) is 0 Å². The molecule has 1 N–H and O–H groups in total. The van der Waals surface area contributed by atoms with Crippen molar-refractivity contribution in [2.45, 2.75) is 25.2 Å². The molecular weight excluding hydrogens is 250 g/mol. The quantitative estimate of drug-likeness (QED) is 0.912. The minimum absolute atomic E-state index is 0.458. The monoisotopic (exact) mass is 267 g/mol. The normalized spacial score (nSPS) is 18.5. The van der Waals surface area contributed by atoms with Crippen molar-refractivity contribution in [3.05, 3.63) is 34.9 Å². The fourth-order valence-corrected chi connectivity index (χ4v) is 2.55. The molecule has 1 aromatic carbocycles. The minimum Gasteiger partial charge on any atom is -0.481 e. The Labute approximate surface area is 112 Å². The molecule has 1 heterocycles. The van der Waals surface area contributed by atoms with Gasteiger partial charge in [0.1, 0.15) is 0 Å². The van der Waals surface area contributed by atoms with Crippen LogP contribution in [0.3, 0.4) is 0 Å². The van der Waals surface area contributed by atoms with Gasteiger partial charge >= 0.3 is 5.97 Å². The van der Waals surface area contributed by atoms with Gasteiger partial charge in [0.25, 0.3) is 0 Å². The van der Waals surface area contributed by atoms with Crippen molar-refractivity contribution in [1.82, 2.24) is 4.90 Å². The molecule has 1 atom stereocenters. The molecule has 0 aromatic heterocycles. The van der Waals surface area contributed by atoms with E-state index in [1.54, 1.807) is 12.1 Å². The highest BCUT2D eigenvalue weighted by Gasteiger charge is 2.23. The topological polar surface area (TPSA) is 40.5 Å². The zero-order valence-corrected chi connectivity index (χ0v) is 11.1. The SMILES string of the molecule is O=C(O)C(CN1CCCCC1)c1ccc(Cl)cc1. The second kappa shape index (κ2) is 6.21. The molecule has 1 unspecified atom stereocenters. The first-order chi connectivity index (χ1) is 8.66. The van der Waals surface area contributed by atoms with Crippen LogP contribution in [0.25, 0.3) is 0 Å². The average molecular weight is 268 g/mol. The number of hydrogen-bond acceptors (Lipinski definition) is 2. The summed E-state index contributed by atoms with van der Waals surface area (Å²) < 4.78 is 0. The van der Waals surface area contributed by atoms with Crippen LogP contribution < -0.4 is 0 Å². The van der Waals surface area contributed by atoms with Crippen LogP contribution in [0.1, 0.15) is 30.7 Å². The molecule has 0 aliphatic carbocycles. The fraction of sp³-hybridized carbons (Fsp3) is 0.500. The van der Waals surface area contributed by atoms with Gasteiger partial charge in [-0.2, -0.15) is 0 Å². The summed E-state index contributed by atoms with van der Waals surface area (Å²) in [5.74, 6) is -1.22. The number of aliphatic carboxylic acids is 1. The van der Waals surface area contributed by atoms with Crippen molar-refractivity contribution in [2.75, 3.05) is 19.6 Å². The number of likely N-dealkylation sites (tertiary alicyclic amines) is 1. The molecule has 4 heteroatoms. The molecule has 1 aliphatic heterocycles. The molecule has 0 radical (unpaired) electrons. The number of carboxylic acids is 1. The Morgan fingerprint density at radius 1 is 1.22 bits per heavy atom. The number of rotatable bonds is 4. The summed E-state index contributed by atoms with van der Waals surface area (Å²) in [6.45, 7) is 2.62. The van der Waals surface area contributed by atoms with Crippen LogP contribution >= 0.6 is 11.6 Å². The summed E-state index contributed by atoms with van der Waals surface area (Å²) in [5, 5.41) is 10.0. The number of piperidine rings is 1. The first-order valence-electron chi connectivity index (χ1n) is 6.37. The summed E-state index contributed by atoms with van der Waals surface area (Å²) in [5.41, 5.74) is 0.831. The third-order valence-electron chi connectivity index (χ3n) is 3.46. The standard InChI is InChI=1S/C14H18ClNO2/c15-12-6-4-11(5-7-12)13(14(17)18)10-16-8-2-1-3-9-16/h4-7,13H,1-3,8-10H2,(H,17,18).